The van der Waals surface area contributed by atoms with E-state index in [-0.39, 0.29) is 22.3 Å². The molecule has 1 aromatic rings. The number of H-pyrrole nitrogens is 1. The van der Waals surface area contributed by atoms with E-state index in [1.54, 1.807) is 24.4 Å². The molecule has 1 fully saturated rings. The third-order valence-corrected chi connectivity index (χ3v) is 6.74. The number of carbonyl (C=O) groups is 1. The number of nitrogens with two attached hydrogens (primary N) is 1. The van der Waals surface area contributed by atoms with Crippen molar-refractivity contribution < 1.29 is 17.9 Å². The normalized spacial score (nSPS) is 22.5. The number of carbonyl (C=O) groups excluding carboxylic acids is 1. The summed E-state index contributed by atoms with van der Waals surface area (Å²) in [5, 5.41) is 9.77. The van der Waals surface area contributed by atoms with Crippen molar-refractivity contribution in [2.75, 3.05) is 31.3 Å². The van der Waals surface area contributed by atoms with E-state index >= 15 is 0 Å². The molecule has 0 aromatic carbocycles. The fraction of sp³-hybridized carbons (Fsp3) is 0.476. The minimum Gasteiger partial charge on any atom is -0.377 e. The van der Waals surface area contributed by atoms with Crippen LogP contribution in [0.3, 0.4) is 0 Å². The summed E-state index contributed by atoms with van der Waals surface area (Å²) in [6.07, 6.45) is 7.19. The third-order valence-electron chi connectivity index (χ3n) is 5.45. The first kappa shape index (κ1) is 23.7. The van der Waals surface area contributed by atoms with Crippen LogP contribution in [0, 0.1) is 5.92 Å². The summed E-state index contributed by atoms with van der Waals surface area (Å²) in [6.45, 7) is 7.48. The molecule has 4 N–H and O–H groups in total. The Balaban J connectivity index is 2.10. The molecule has 1 unspecified atom stereocenters. The van der Waals surface area contributed by atoms with Gasteiger partial charge in [-0.05, 0) is 19.8 Å². The van der Waals surface area contributed by atoms with Crippen molar-refractivity contribution in [1.82, 2.24) is 15.1 Å². The maximum atomic E-state index is 12.5. The number of aliphatic imine (C=N–C) groups is 1. The molecule has 10 nitrogen and oxygen atoms in total. The second-order valence-corrected chi connectivity index (χ2v) is 9.98. The maximum absolute atomic E-state index is 12.5. The fourth-order valence-corrected chi connectivity index (χ4v) is 4.75. The van der Waals surface area contributed by atoms with Crippen molar-refractivity contribution >= 4 is 27.4 Å². The molecule has 1 aromatic heterocycles. The summed E-state index contributed by atoms with van der Waals surface area (Å²) in [4.78, 5) is 19.6. The number of sulfone groups is 1. The third kappa shape index (κ3) is 5.65. The molecule has 0 saturated carbocycles. The molecular weight excluding hydrogens is 432 g/mol. The predicted molar refractivity (Wildman–Crippen MR) is 123 cm³/mol. The van der Waals surface area contributed by atoms with Gasteiger partial charge in [-0.2, -0.15) is 5.10 Å². The first-order valence-corrected chi connectivity index (χ1v) is 12.3. The van der Waals surface area contributed by atoms with Gasteiger partial charge in [-0.3, -0.25) is 9.89 Å². The molecule has 2 aliphatic heterocycles. The lowest BCUT2D eigenvalue weighted by atomic mass is 9.90. The van der Waals surface area contributed by atoms with Gasteiger partial charge in [0.15, 0.2) is 9.84 Å². The zero-order valence-electron chi connectivity index (χ0n) is 18.4. The zero-order valence-corrected chi connectivity index (χ0v) is 19.2. The van der Waals surface area contributed by atoms with E-state index in [1.807, 2.05) is 6.92 Å². The van der Waals surface area contributed by atoms with Crippen LogP contribution in [-0.2, 0) is 19.4 Å². The highest BCUT2D eigenvalue weighted by Gasteiger charge is 2.33. The van der Waals surface area contributed by atoms with Gasteiger partial charge in [0.1, 0.15) is 17.5 Å². The Morgan fingerprint density at radius 3 is 2.88 bits per heavy atom. The fourth-order valence-electron chi connectivity index (χ4n) is 3.85. The number of hydrogen-bond acceptors (Lipinski definition) is 8. The quantitative estimate of drug-likeness (QED) is 0.497. The molecular formula is C21H30N6O4S. The first-order valence-electron chi connectivity index (χ1n) is 10.4. The molecule has 0 spiro atoms. The number of ether oxygens (including phenoxy) is 1. The van der Waals surface area contributed by atoms with E-state index in [0.717, 1.165) is 5.84 Å². The number of aromatic nitrogens is 2. The summed E-state index contributed by atoms with van der Waals surface area (Å²) in [6, 6.07) is 1.79. The Morgan fingerprint density at radius 2 is 2.28 bits per heavy atom. The zero-order chi connectivity index (χ0) is 23.3. The van der Waals surface area contributed by atoms with Crippen molar-refractivity contribution in [3.05, 3.63) is 47.3 Å². The Morgan fingerprint density at radius 1 is 1.50 bits per heavy atom. The van der Waals surface area contributed by atoms with E-state index < -0.39 is 21.7 Å². The lowest BCUT2D eigenvalue weighted by Crippen LogP contribution is -2.48. The van der Waals surface area contributed by atoms with Crippen LogP contribution in [0.2, 0.25) is 0 Å². The van der Waals surface area contributed by atoms with Crippen molar-refractivity contribution in [2.45, 2.75) is 32.2 Å². The maximum Gasteiger partial charge on any atom is 0.248 e. The molecule has 0 bridgehead atoms. The lowest BCUT2D eigenvalue weighted by molar-refractivity contribution is -0.115. The van der Waals surface area contributed by atoms with Crippen molar-refractivity contribution in [1.29, 1.82) is 0 Å². The summed E-state index contributed by atoms with van der Waals surface area (Å²) >= 11 is 0. The van der Waals surface area contributed by atoms with Crippen molar-refractivity contribution in [3.63, 3.8) is 0 Å². The standard InChI is InChI=1S/C21H30N6O4S/c1-4-5-6-16(32(3,29)30)11-15-12-18(27-9-10-31-13-14(27)2)25-21(19(15)20(22)28)24-17-7-8-23-26-17/h4,7-8,11,14-15H,1,5-6,9-10,12-13H2,2-3H3,(H2,22,28)(H2,23,24,26)/b16-11-/t14-,15?/m1/s1. The summed E-state index contributed by atoms with van der Waals surface area (Å²) in [5.74, 6) is 0.333. The number of allylic oxidation sites excluding steroid dienone is 3. The van der Waals surface area contributed by atoms with Gasteiger partial charge in [-0.1, -0.05) is 12.2 Å². The topological polar surface area (TPSA) is 143 Å². The number of amidine groups is 1. The number of amides is 1. The Hall–Kier alpha value is -2.92. The Bertz CT molecular complexity index is 1040. The van der Waals surface area contributed by atoms with Crippen LogP contribution in [0.1, 0.15) is 26.2 Å². The van der Waals surface area contributed by atoms with Crippen LogP contribution in [0.25, 0.3) is 0 Å². The van der Waals surface area contributed by atoms with E-state index in [4.69, 9.17) is 15.5 Å². The van der Waals surface area contributed by atoms with Gasteiger partial charge in [0, 0.05) is 36.1 Å². The number of anilines is 1. The first-order chi connectivity index (χ1) is 15.2. The van der Waals surface area contributed by atoms with Gasteiger partial charge in [0.25, 0.3) is 0 Å². The van der Waals surface area contributed by atoms with Crippen LogP contribution >= 0.6 is 0 Å². The second kappa shape index (κ2) is 10.1. The van der Waals surface area contributed by atoms with Gasteiger partial charge in [0.05, 0.1) is 31.0 Å². The predicted octanol–water partition coefficient (Wildman–Crippen LogP) is 1.55. The summed E-state index contributed by atoms with van der Waals surface area (Å²) < 4.78 is 30.4. The molecule has 1 saturated heterocycles. The van der Waals surface area contributed by atoms with Crippen LogP contribution in [0.5, 0.6) is 0 Å². The smallest absolute Gasteiger partial charge is 0.248 e. The molecule has 1 amide bonds. The molecule has 11 heteroatoms. The van der Waals surface area contributed by atoms with Gasteiger partial charge < -0.3 is 20.7 Å². The van der Waals surface area contributed by atoms with E-state index in [1.165, 1.54) is 6.26 Å². The van der Waals surface area contributed by atoms with Crippen LogP contribution in [0.15, 0.2) is 52.3 Å². The number of nitrogens with one attached hydrogen (secondary N) is 2. The number of primary amides is 1. The number of morpholine rings is 1. The molecule has 174 valence electrons. The largest absolute Gasteiger partial charge is 0.377 e. The molecule has 0 radical (unpaired) electrons. The second-order valence-electron chi connectivity index (χ2n) is 7.91. The molecule has 2 atom stereocenters. The van der Waals surface area contributed by atoms with Crippen molar-refractivity contribution in [3.8, 4) is 0 Å². The molecule has 3 rings (SSSR count). The summed E-state index contributed by atoms with van der Waals surface area (Å²) in [7, 11) is -3.48. The number of aromatic amines is 1. The molecule has 2 aliphatic rings. The highest BCUT2D eigenvalue weighted by Crippen LogP contribution is 2.32. The minimum atomic E-state index is -3.48. The molecule has 0 aliphatic carbocycles. The monoisotopic (exact) mass is 462 g/mol. The van der Waals surface area contributed by atoms with Crippen molar-refractivity contribution in [2.24, 2.45) is 16.6 Å². The highest BCUT2D eigenvalue weighted by molar-refractivity contribution is 7.94. The van der Waals surface area contributed by atoms with E-state index in [2.05, 4.69) is 27.0 Å². The van der Waals surface area contributed by atoms with Gasteiger partial charge in [-0.25, -0.2) is 13.4 Å². The van der Waals surface area contributed by atoms with E-state index in [9.17, 15) is 13.2 Å². The van der Waals surface area contributed by atoms with Crippen LogP contribution < -0.4 is 11.1 Å². The minimum absolute atomic E-state index is 0.0887. The molecule has 32 heavy (non-hydrogen) atoms. The number of rotatable bonds is 8. The average Bonchev–Trinajstić information content (AvgIpc) is 3.23. The Kier molecular flexibility index (Phi) is 7.52. The van der Waals surface area contributed by atoms with Gasteiger partial charge in [-0.15, -0.1) is 6.58 Å². The summed E-state index contributed by atoms with van der Waals surface area (Å²) in [5.41, 5.74) is 5.98. The van der Waals surface area contributed by atoms with E-state index in [0.29, 0.717) is 44.8 Å². The van der Waals surface area contributed by atoms with Crippen LogP contribution in [0.4, 0.5) is 5.82 Å². The number of hydrogen-bond donors (Lipinski definition) is 3. The Labute approximate surface area is 188 Å². The highest BCUT2D eigenvalue weighted by atomic mass is 32.2. The van der Waals surface area contributed by atoms with Gasteiger partial charge >= 0.3 is 0 Å². The molecule has 3 heterocycles. The number of nitrogens with zero attached hydrogens (tertiary/aromatic N) is 3. The SMILES string of the molecule is C=CCC/C(=C/C1CC(N2CCOC[C@H]2C)=NC(Nc2ccn[nH]2)=C1C(N)=O)S(C)(=O)=O. The average molecular weight is 463 g/mol. The van der Waals surface area contributed by atoms with Crippen LogP contribution in [-0.4, -0.2) is 67.3 Å². The lowest BCUT2D eigenvalue weighted by Gasteiger charge is -2.38. The van der Waals surface area contributed by atoms with Gasteiger partial charge in [0.2, 0.25) is 5.91 Å².